The van der Waals surface area contributed by atoms with E-state index in [9.17, 15) is 0 Å². The van der Waals surface area contributed by atoms with Gasteiger partial charge in [-0.3, -0.25) is 0 Å². The molecule has 4 N–H and O–H groups in total. The molecule has 5 heteroatoms. The van der Waals surface area contributed by atoms with E-state index >= 15 is 0 Å². The first-order valence-electron chi connectivity index (χ1n) is 1.86. The lowest BCUT2D eigenvalue weighted by Crippen LogP contribution is -3.13. The quantitative estimate of drug-likeness (QED) is 0.366. The summed E-state index contributed by atoms with van der Waals surface area (Å²) in [5.41, 5.74) is 4.93. The predicted molar refractivity (Wildman–Crippen MR) is 24.5 cm³/mol. The van der Waals surface area contributed by atoms with Gasteiger partial charge in [0.1, 0.15) is 0 Å². The molecular weight excluding hydrogens is 96.0 g/mol. The molecule has 0 spiro atoms. The summed E-state index contributed by atoms with van der Waals surface area (Å²) >= 11 is 0. The van der Waals surface area contributed by atoms with Crippen LogP contribution in [0.25, 0.3) is 5.84 Å². The monoisotopic (exact) mass is 106 g/mol. The summed E-state index contributed by atoms with van der Waals surface area (Å²) in [5.74, 6) is 6.74. The van der Waals surface area contributed by atoms with Gasteiger partial charge in [0.05, 0.1) is 7.11 Å². The normalized spacial score (nSPS) is 14.1. The van der Waals surface area contributed by atoms with Crippen LogP contribution in [0.15, 0.2) is 0 Å². The topological polar surface area (TPSA) is 61.5 Å². The fourth-order valence-corrected chi connectivity index (χ4v) is 0.165. The highest BCUT2D eigenvalue weighted by Crippen LogP contribution is 1.30. The zero-order chi connectivity index (χ0) is 5.70. The van der Waals surface area contributed by atoms with E-state index in [4.69, 9.17) is 5.84 Å². The van der Waals surface area contributed by atoms with E-state index in [-0.39, 0.29) is 5.28 Å². The molecule has 44 valence electrons. The predicted octanol–water partition coefficient (Wildman–Crippen LogP) is -1.96. The molecule has 0 radical (unpaired) electrons. The third kappa shape index (κ3) is 3.64. The Balaban J connectivity index is 2.83. The zero-order valence-electron chi connectivity index (χ0n) is 4.41. The van der Waals surface area contributed by atoms with Gasteiger partial charge in [-0.15, -0.1) is 0 Å². The van der Waals surface area contributed by atoms with Crippen molar-refractivity contribution >= 4 is 0 Å². The SMILES string of the molecule is CNN[NH+]([NH-])OC. The summed E-state index contributed by atoms with van der Waals surface area (Å²) < 4.78 is 0. The van der Waals surface area contributed by atoms with Gasteiger partial charge in [-0.1, -0.05) is 5.53 Å². The van der Waals surface area contributed by atoms with Crippen LogP contribution in [0.4, 0.5) is 0 Å². The van der Waals surface area contributed by atoms with E-state index in [1.807, 2.05) is 0 Å². The molecule has 0 aromatic carbocycles. The van der Waals surface area contributed by atoms with Crippen LogP contribution in [-0.4, -0.2) is 14.2 Å². The Morgan fingerprint density at radius 3 is 2.43 bits per heavy atom. The molecule has 0 aromatic rings. The van der Waals surface area contributed by atoms with Crippen LogP contribution in [0.2, 0.25) is 0 Å². The van der Waals surface area contributed by atoms with Crippen molar-refractivity contribution in [2.24, 2.45) is 0 Å². The largest absolute Gasteiger partial charge is 0.411 e. The third-order valence-corrected chi connectivity index (χ3v) is 0.443. The minimum absolute atomic E-state index is 0.0162. The first kappa shape index (κ1) is 6.80. The Morgan fingerprint density at radius 1 is 1.71 bits per heavy atom. The first-order valence-corrected chi connectivity index (χ1v) is 1.86. The molecule has 0 aliphatic carbocycles. The Morgan fingerprint density at radius 2 is 2.29 bits per heavy atom. The highest BCUT2D eigenvalue weighted by Gasteiger charge is 1.81. The van der Waals surface area contributed by atoms with Crippen molar-refractivity contribution in [3.63, 3.8) is 0 Å². The maximum Gasteiger partial charge on any atom is 0.0969 e. The molecular formula is C2H10N4O. The van der Waals surface area contributed by atoms with Crippen LogP contribution in [0.5, 0.6) is 0 Å². The average Bonchev–Trinajstić information content (AvgIpc) is 1.68. The van der Waals surface area contributed by atoms with Crippen molar-refractivity contribution in [2.75, 3.05) is 14.2 Å². The van der Waals surface area contributed by atoms with Crippen molar-refractivity contribution in [3.05, 3.63) is 5.84 Å². The van der Waals surface area contributed by atoms with E-state index < -0.39 is 0 Å². The van der Waals surface area contributed by atoms with E-state index in [2.05, 4.69) is 15.8 Å². The smallest absolute Gasteiger partial charge is 0.0969 e. The maximum absolute atomic E-state index is 6.74. The van der Waals surface area contributed by atoms with Gasteiger partial charge in [-0.25, -0.2) is 5.43 Å². The van der Waals surface area contributed by atoms with Gasteiger partial charge in [-0.05, 0) is 0 Å². The Kier molecular flexibility index (Phi) is 3.86. The fraction of sp³-hybridized carbons (Fsp3) is 1.00. The number of hydrogen-bond acceptors (Lipinski definition) is 3. The third-order valence-electron chi connectivity index (χ3n) is 0.443. The van der Waals surface area contributed by atoms with E-state index in [0.29, 0.717) is 0 Å². The maximum atomic E-state index is 6.74. The Labute approximate surface area is 42.3 Å². The number of rotatable bonds is 3. The molecule has 0 aliphatic rings. The molecule has 7 heavy (non-hydrogen) atoms. The molecule has 0 heterocycles. The van der Waals surface area contributed by atoms with Crippen LogP contribution < -0.4 is 16.2 Å². The van der Waals surface area contributed by atoms with Crippen molar-refractivity contribution in [1.29, 1.82) is 0 Å². The molecule has 0 saturated heterocycles. The van der Waals surface area contributed by atoms with Gasteiger partial charge in [0.2, 0.25) is 0 Å². The van der Waals surface area contributed by atoms with E-state index in [0.717, 1.165) is 0 Å². The molecule has 0 fully saturated rings. The second-order valence-electron chi connectivity index (χ2n) is 0.908. The lowest BCUT2D eigenvalue weighted by molar-refractivity contribution is -1.09. The van der Waals surface area contributed by atoms with E-state index in [1.54, 1.807) is 7.05 Å². The van der Waals surface area contributed by atoms with Crippen LogP contribution in [0.1, 0.15) is 0 Å². The first-order chi connectivity index (χ1) is 3.31. The summed E-state index contributed by atoms with van der Waals surface area (Å²) in [6.07, 6.45) is 0. The summed E-state index contributed by atoms with van der Waals surface area (Å²) in [6.45, 7) is 0. The lowest BCUT2D eigenvalue weighted by Gasteiger charge is -2.14. The standard InChI is InChI=1S/C2H10N4O/c1-4-5-6(3)7-2/h3-6H,1-2H3. The van der Waals surface area contributed by atoms with Crippen LogP contribution in [-0.2, 0) is 4.84 Å². The molecule has 0 aromatic heterocycles. The minimum atomic E-state index is 0.0162. The van der Waals surface area contributed by atoms with Crippen LogP contribution >= 0.6 is 0 Å². The van der Waals surface area contributed by atoms with Gasteiger partial charge in [-0.2, -0.15) is 10.1 Å². The van der Waals surface area contributed by atoms with Gasteiger partial charge in [0.15, 0.2) is 0 Å². The minimum Gasteiger partial charge on any atom is -0.411 e. The van der Waals surface area contributed by atoms with Gasteiger partial charge in [0.25, 0.3) is 0 Å². The van der Waals surface area contributed by atoms with Crippen molar-refractivity contribution in [2.45, 2.75) is 0 Å². The highest BCUT2D eigenvalue weighted by molar-refractivity contribution is 3.92. The summed E-state index contributed by atoms with van der Waals surface area (Å²) in [4.78, 5) is 4.40. The van der Waals surface area contributed by atoms with Gasteiger partial charge >= 0.3 is 0 Å². The number of hydrogen-bond donors (Lipinski definition) is 3. The molecule has 5 nitrogen and oxygen atoms in total. The highest BCUT2D eigenvalue weighted by atomic mass is 16.7. The van der Waals surface area contributed by atoms with Crippen molar-refractivity contribution < 1.29 is 10.1 Å². The molecule has 1 atom stereocenters. The molecule has 0 saturated carbocycles. The summed E-state index contributed by atoms with van der Waals surface area (Å²) in [7, 11) is 3.08. The zero-order valence-corrected chi connectivity index (χ0v) is 4.41. The van der Waals surface area contributed by atoms with Gasteiger partial charge in [0, 0.05) is 7.05 Å². The Bertz CT molecular complexity index is 40.7. The summed E-state index contributed by atoms with van der Waals surface area (Å²) in [6, 6.07) is 0. The molecule has 0 rings (SSSR count). The summed E-state index contributed by atoms with van der Waals surface area (Å²) in [5, 5.41) is 0.0162. The van der Waals surface area contributed by atoms with E-state index in [1.165, 1.54) is 7.11 Å². The Hall–Kier alpha value is -0.200. The lowest BCUT2D eigenvalue weighted by atomic mass is 11.5. The van der Waals surface area contributed by atoms with Crippen LogP contribution in [0.3, 0.4) is 0 Å². The van der Waals surface area contributed by atoms with Crippen molar-refractivity contribution in [3.8, 4) is 0 Å². The molecule has 0 bridgehead atoms. The second-order valence-corrected chi connectivity index (χ2v) is 0.908. The van der Waals surface area contributed by atoms with Crippen molar-refractivity contribution in [1.82, 2.24) is 11.0 Å². The number of hydrazine groups is 1. The number of nitrogens with one attached hydrogen (secondary N) is 4. The second kappa shape index (κ2) is 3.97. The molecule has 0 aliphatic heterocycles. The molecule has 0 amide bonds. The van der Waals surface area contributed by atoms with Crippen LogP contribution in [0, 0.1) is 0 Å². The average molecular weight is 106 g/mol. The molecule has 1 unspecified atom stereocenters. The van der Waals surface area contributed by atoms with Gasteiger partial charge < -0.3 is 5.84 Å². The number of quaternary nitrogens is 1. The fourth-order valence-electron chi connectivity index (χ4n) is 0.165.